The van der Waals surface area contributed by atoms with Gasteiger partial charge >= 0.3 is 0 Å². The Balaban J connectivity index is 3.20. The fourth-order valence-corrected chi connectivity index (χ4v) is 1.49. The molecule has 0 unspecified atom stereocenters. The summed E-state index contributed by atoms with van der Waals surface area (Å²) in [6.45, 7) is 0. The summed E-state index contributed by atoms with van der Waals surface area (Å²) in [6.07, 6.45) is -0.0250. The van der Waals surface area contributed by atoms with E-state index in [-0.39, 0.29) is 11.1 Å². The van der Waals surface area contributed by atoms with Gasteiger partial charge in [0.1, 0.15) is 0 Å². The number of hydrogen-bond acceptors (Lipinski definition) is 0. The van der Waals surface area contributed by atoms with Crippen molar-refractivity contribution in [3.63, 3.8) is 0 Å². The van der Waals surface area contributed by atoms with E-state index < -0.39 is 10.2 Å². The number of rotatable bonds is 1. The van der Waals surface area contributed by atoms with Crippen LogP contribution >= 0.6 is 34.8 Å². The van der Waals surface area contributed by atoms with Crippen LogP contribution in [0.15, 0.2) is 12.4 Å². The second-order valence-electron chi connectivity index (χ2n) is 2.59. The van der Waals surface area contributed by atoms with Gasteiger partial charge in [-0.25, -0.2) is 8.78 Å². The number of alkyl halides is 5. The van der Waals surface area contributed by atoms with Gasteiger partial charge in [0.2, 0.25) is 3.79 Å². The third-order valence-corrected chi connectivity index (χ3v) is 2.14. The predicted molar refractivity (Wildman–Crippen MR) is 49.6 cm³/mol. The van der Waals surface area contributed by atoms with Crippen molar-refractivity contribution in [2.75, 3.05) is 0 Å². The maximum absolute atomic E-state index is 12.4. The average Bonchev–Trinajstić information content (AvgIpc) is 2.29. The summed E-state index contributed by atoms with van der Waals surface area (Å²) in [5.41, 5.74) is -0.225. The van der Waals surface area contributed by atoms with Gasteiger partial charge in [0.05, 0.1) is 0 Å². The summed E-state index contributed by atoms with van der Waals surface area (Å²) in [5, 5.41) is 0. The van der Waals surface area contributed by atoms with Crippen molar-refractivity contribution in [3.8, 4) is 0 Å². The van der Waals surface area contributed by atoms with E-state index in [4.69, 9.17) is 34.8 Å². The highest BCUT2D eigenvalue weighted by atomic mass is 35.6. The molecule has 0 aliphatic rings. The van der Waals surface area contributed by atoms with Crippen molar-refractivity contribution in [1.82, 2.24) is 4.57 Å². The maximum atomic E-state index is 12.4. The molecule has 0 N–H and O–H groups in total. The van der Waals surface area contributed by atoms with Crippen LogP contribution in [-0.2, 0) is 10.8 Å². The zero-order valence-electron chi connectivity index (χ0n) is 6.57. The molecule has 0 amide bonds. The molecule has 0 aliphatic heterocycles. The minimum atomic E-state index is -2.63. The Hall–Kier alpha value is 0.01000. The second kappa shape index (κ2) is 3.64. The van der Waals surface area contributed by atoms with Gasteiger partial charge in [-0.15, -0.1) is 0 Å². The Morgan fingerprint density at radius 3 is 2.15 bits per heavy atom. The Kier molecular flexibility index (Phi) is 3.10. The number of hydrogen-bond donors (Lipinski definition) is 0. The largest absolute Gasteiger partial charge is 0.356 e. The SMILES string of the molecule is Cn1cc(C(F)F)c(C(Cl)(Cl)Cl)c1. The van der Waals surface area contributed by atoms with Crippen LogP contribution < -0.4 is 0 Å². The van der Waals surface area contributed by atoms with Gasteiger partial charge < -0.3 is 4.57 Å². The van der Waals surface area contributed by atoms with Crippen molar-refractivity contribution in [1.29, 1.82) is 0 Å². The third kappa shape index (κ3) is 2.48. The fraction of sp³-hybridized carbons (Fsp3) is 0.429. The molecule has 0 aromatic carbocycles. The smallest absolute Gasteiger partial charge is 0.265 e. The van der Waals surface area contributed by atoms with Gasteiger partial charge in [0.25, 0.3) is 6.43 Å². The van der Waals surface area contributed by atoms with Gasteiger partial charge in [-0.3, -0.25) is 0 Å². The Labute approximate surface area is 89.2 Å². The van der Waals surface area contributed by atoms with E-state index in [9.17, 15) is 8.78 Å². The van der Waals surface area contributed by atoms with Crippen LogP contribution in [0.1, 0.15) is 17.6 Å². The first-order chi connectivity index (χ1) is 5.82. The zero-order valence-corrected chi connectivity index (χ0v) is 8.84. The van der Waals surface area contributed by atoms with Crippen LogP contribution in [0.3, 0.4) is 0 Å². The molecule has 0 aliphatic carbocycles. The van der Waals surface area contributed by atoms with Gasteiger partial charge in [-0.1, -0.05) is 34.8 Å². The van der Waals surface area contributed by atoms with Gasteiger partial charge in [-0.05, 0) is 0 Å². The quantitative estimate of drug-likeness (QED) is 0.666. The minimum absolute atomic E-state index is 0.0231. The monoisotopic (exact) mass is 247 g/mol. The molecule has 6 heteroatoms. The molecule has 0 fully saturated rings. The fourth-order valence-electron chi connectivity index (χ4n) is 1.02. The maximum Gasteiger partial charge on any atom is 0.265 e. The lowest BCUT2D eigenvalue weighted by molar-refractivity contribution is 0.150. The summed E-state index contributed by atoms with van der Waals surface area (Å²) in [4.78, 5) is 0. The van der Waals surface area contributed by atoms with Crippen LogP contribution in [0.25, 0.3) is 0 Å². The molecule has 1 aromatic heterocycles. The first kappa shape index (κ1) is 11.1. The van der Waals surface area contributed by atoms with Crippen molar-refractivity contribution in [2.45, 2.75) is 10.2 Å². The van der Waals surface area contributed by atoms with E-state index in [1.54, 1.807) is 7.05 Å². The molecule has 0 saturated heterocycles. The molecule has 74 valence electrons. The van der Waals surface area contributed by atoms with Crippen molar-refractivity contribution in [2.24, 2.45) is 7.05 Å². The summed E-state index contributed by atoms with van der Waals surface area (Å²) in [5.74, 6) is 0. The lowest BCUT2D eigenvalue weighted by atomic mass is 10.2. The molecule has 0 radical (unpaired) electrons. The van der Waals surface area contributed by atoms with Gasteiger partial charge in [0, 0.05) is 30.6 Å². The second-order valence-corrected chi connectivity index (χ2v) is 4.87. The van der Waals surface area contributed by atoms with Crippen molar-refractivity contribution in [3.05, 3.63) is 23.5 Å². The topological polar surface area (TPSA) is 4.93 Å². The van der Waals surface area contributed by atoms with Crippen LogP contribution in [0, 0.1) is 0 Å². The molecule has 0 spiro atoms. The molecular formula is C7H6Cl3F2N. The molecule has 0 atom stereocenters. The van der Waals surface area contributed by atoms with Crippen molar-refractivity contribution >= 4 is 34.8 Å². The number of aryl methyl sites for hydroxylation is 1. The number of nitrogens with zero attached hydrogens (tertiary/aromatic N) is 1. The van der Waals surface area contributed by atoms with E-state index in [1.807, 2.05) is 0 Å². The summed E-state index contributed by atoms with van der Waals surface area (Å²) >= 11 is 16.5. The summed E-state index contributed by atoms with van der Waals surface area (Å²) in [6, 6.07) is 0. The number of halogens is 5. The predicted octanol–water partition coefficient (Wildman–Crippen LogP) is 3.79. The van der Waals surface area contributed by atoms with E-state index in [0.717, 1.165) is 0 Å². The first-order valence-electron chi connectivity index (χ1n) is 3.33. The highest BCUT2D eigenvalue weighted by molar-refractivity contribution is 6.66. The number of aromatic nitrogens is 1. The molecule has 1 rings (SSSR count). The van der Waals surface area contributed by atoms with E-state index in [1.165, 1.54) is 17.0 Å². The Morgan fingerprint density at radius 2 is 1.85 bits per heavy atom. The van der Waals surface area contributed by atoms with E-state index >= 15 is 0 Å². The summed E-state index contributed by atoms with van der Waals surface area (Å²) in [7, 11) is 1.59. The lowest BCUT2D eigenvalue weighted by Gasteiger charge is -2.10. The molecule has 0 saturated carbocycles. The standard InChI is InChI=1S/C7H6Cl3F2N/c1-13-2-4(6(11)12)5(3-13)7(8,9)10/h2-3,6H,1H3. The van der Waals surface area contributed by atoms with Gasteiger partial charge in [0.15, 0.2) is 0 Å². The first-order valence-corrected chi connectivity index (χ1v) is 4.47. The molecule has 1 nitrogen and oxygen atoms in total. The van der Waals surface area contributed by atoms with E-state index in [0.29, 0.717) is 0 Å². The normalized spacial score (nSPS) is 12.5. The summed E-state index contributed by atoms with van der Waals surface area (Å²) < 4.78 is 24.4. The minimum Gasteiger partial charge on any atom is -0.356 e. The molecular weight excluding hydrogens is 242 g/mol. The Morgan fingerprint density at radius 1 is 1.31 bits per heavy atom. The molecule has 13 heavy (non-hydrogen) atoms. The molecule has 1 aromatic rings. The van der Waals surface area contributed by atoms with Gasteiger partial charge in [-0.2, -0.15) is 0 Å². The van der Waals surface area contributed by atoms with Crippen LogP contribution in [0.5, 0.6) is 0 Å². The molecule has 1 heterocycles. The highest BCUT2D eigenvalue weighted by Gasteiger charge is 2.30. The zero-order chi connectivity index (χ0) is 10.2. The van der Waals surface area contributed by atoms with Crippen LogP contribution in [0.2, 0.25) is 0 Å². The third-order valence-electron chi connectivity index (χ3n) is 1.53. The average molecular weight is 248 g/mol. The Bertz CT molecular complexity index is 303. The van der Waals surface area contributed by atoms with Crippen LogP contribution in [0.4, 0.5) is 8.78 Å². The van der Waals surface area contributed by atoms with Crippen LogP contribution in [-0.4, -0.2) is 4.57 Å². The lowest BCUT2D eigenvalue weighted by Crippen LogP contribution is -2.02. The van der Waals surface area contributed by atoms with E-state index in [2.05, 4.69) is 0 Å². The van der Waals surface area contributed by atoms with Crippen molar-refractivity contribution < 1.29 is 8.78 Å². The highest BCUT2D eigenvalue weighted by Crippen LogP contribution is 2.42. The molecule has 0 bridgehead atoms.